The summed E-state index contributed by atoms with van der Waals surface area (Å²) in [7, 11) is 0. The van der Waals surface area contributed by atoms with E-state index in [2.05, 4.69) is 0 Å². The Balaban J connectivity index is 2.31. The summed E-state index contributed by atoms with van der Waals surface area (Å²) in [6, 6.07) is -0.513. The van der Waals surface area contributed by atoms with Crippen molar-refractivity contribution in [2.75, 3.05) is 13.2 Å². The third kappa shape index (κ3) is 2.97. The van der Waals surface area contributed by atoms with Gasteiger partial charge in [-0.25, -0.2) is 0 Å². The fourth-order valence-corrected chi connectivity index (χ4v) is 1.12. The van der Waals surface area contributed by atoms with Crippen LogP contribution in [0, 0.1) is 5.92 Å². The van der Waals surface area contributed by atoms with E-state index in [0.717, 1.165) is 6.42 Å². The van der Waals surface area contributed by atoms with E-state index < -0.39 is 6.04 Å². The van der Waals surface area contributed by atoms with Crippen LogP contribution < -0.4 is 5.73 Å². The molecule has 0 radical (unpaired) electrons. The molecule has 0 aromatic carbocycles. The smallest absolute Gasteiger partial charge is 0.323 e. The molecule has 2 unspecified atom stereocenters. The molecule has 1 fully saturated rings. The lowest BCUT2D eigenvalue weighted by molar-refractivity contribution is -0.151. The van der Waals surface area contributed by atoms with Gasteiger partial charge in [0.15, 0.2) is 0 Å². The summed E-state index contributed by atoms with van der Waals surface area (Å²) in [5.74, 6) is -0.194. The quantitative estimate of drug-likeness (QED) is 0.645. The summed E-state index contributed by atoms with van der Waals surface area (Å²) in [4.78, 5) is 11.3. The maximum Gasteiger partial charge on any atom is 0.323 e. The van der Waals surface area contributed by atoms with Crippen LogP contribution in [0.1, 0.15) is 20.3 Å². The van der Waals surface area contributed by atoms with Crippen molar-refractivity contribution in [3.63, 3.8) is 0 Å². The predicted molar refractivity (Wildman–Crippen MR) is 48.1 cm³/mol. The van der Waals surface area contributed by atoms with E-state index in [9.17, 15) is 4.79 Å². The number of esters is 1. The van der Waals surface area contributed by atoms with Gasteiger partial charge < -0.3 is 15.2 Å². The van der Waals surface area contributed by atoms with Crippen molar-refractivity contribution in [1.29, 1.82) is 0 Å². The van der Waals surface area contributed by atoms with E-state index in [0.29, 0.717) is 13.2 Å². The molecule has 0 aromatic rings. The average Bonchev–Trinajstić information content (AvgIpc) is 2.55. The second-order valence-corrected chi connectivity index (χ2v) is 3.69. The number of hydrogen-bond donors (Lipinski definition) is 1. The first-order valence-corrected chi connectivity index (χ1v) is 4.65. The molecule has 0 aromatic heterocycles. The second-order valence-electron chi connectivity index (χ2n) is 3.69. The van der Waals surface area contributed by atoms with Crippen molar-refractivity contribution in [1.82, 2.24) is 0 Å². The van der Waals surface area contributed by atoms with E-state index in [1.165, 1.54) is 0 Å². The molecule has 4 nitrogen and oxygen atoms in total. The number of hydrogen-bond acceptors (Lipinski definition) is 4. The highest BCUT2D eigenvalue weighted by Crippen LogP contribution is 2.10. The summed E-state index contributed by atoms with van der Waals surface area (Å²) >= 11 is 0. The molecule has 0 bridgehead atoms. The minimum absolute atomic E-state index is 0.0858. The maximum absolute atomic E-state index is 11.3. The lowest BCUT2D eigenvalue weighted by Gasteiger charge is -2.17. The topological polar surface area (TPSA) is 61.6 Å². The van der Waals surface area contributed by atoms with Gasteiger partial charge in [0.05, 0.1) is 13.2 Å². The van der Waals surface area contributed by atoms with Crippen molar-refractivity contribution < 1.29 is 14.3 Å². The van der Waals surface area contributed by atoms with Gasteiger partial charge in [-0.15, -0.1) is 0 Å². The lowest BCUT2D eigenvalue weighted by Crippen LogP contribution is -2.39. The Morgan fingerprint density at radius 1 is 1.62 bits per heavy atom. The average molecular weight is 187 g/mol. The summed E-state index contributed by atoms with van der Waals surface area (Å²) in [5, 5.41) is 0. The van der Waals surface area contributed by atoms with Crippen molar-refractivity contribution in [2.45, 2.75) is 32.4 Å². The number of carbonyl (C=O) groups is 1. The molecule has 1 heterocycles. The molecule has 0 spiro atoms. The van der Waals surface area contributed by atoms with E-state index in [-0.39, 0.29) is 18.0 Å². The molecule has 2 N–H and O–H groups in total. The summed E-state index contributed by atoms with van der Waals surface area (Å²) in [6.07, 6.45) is 0.702. The molecular weight excluding hydrogens is 170 g/mol. The fraction of sp³-hybridized carbons (Fsp3) is 0.889. The minimum atomic E-state index is -0.513. The summed E-state index contributed by atoms with van der Waals surface area (Å²) in [5.41, 5.74) is 5.62. The van der Waals surface area contributed by atoms with Crippen LogP contribution in [-0.2, 0) is 14.3 Å². The first kappa shape index (κ1) is 10.5. The van der Waals surface area contributed by atoms with Crippen LogP contribution in [0.25, 0.3) is 0 Å². The van der Waals surface area contributed by atoms with Gasteiger partial charge in [-0.2, -0.15) is 0 Å². The van der Waals surface area contributed by atoms with Crippen molar-refractivity contribution in [3.8, 4) is 0 Å². The Labute approximate surface area is 78.4 Å². The van der Waals surface area contributed by atoms with E-state index in [1.54, 1.807) is 0 Å². The van der Waals surface area contributed by atoms with Gasteiger partial charge in [0.2, 0.25) is 0 Å². The molecule has 4 heteroatoms. The molecule has 1 aliphatic heterocycles. The molecule has 76 valence electrons. The first-order valence-electron chi connectivity index (χ1n) is 4.65. The van der Waals surface area contributed by atoms with Crippen molar-refractivity contribution >= 4 is 5.97 Å². The summed E-state index contributed by atoms with van der Waals surface area (Å²) in [6.45, 7) is 4.99. The third-order valence-corrected chi connectivity index (χ3v) is 2.16. The number of carbonyl (C=O) groups excluding carboxylic acids is 1. The van der Waals surface area contributed by atoms with Crippen LogP contribution in [-0.4, -0.2) is 31.3 Å². The highest BCUT2D eigenvalue weighted by atomic mass is 16.6. The lowest BCUT2D eigenvalue weighted by atomic mass is 10.1. The Morgan fingerprint density at radius 2 is 2.31 bits per heavy atom. The fourth-order valence-electron chi connectivity index (χ4n) is 1.12. The predicted octanol–water partition coefficient (Wildman–Crippen LogP) is 0.302. The van der Waals surface area contributed by atoms with Crippen LogP contribution in [0.2, 0.25) is 0 Å². The first-order chi connectivity index (χ1) is 6.11. The Kier molecular flexibility index (Phi) is 3.69. The normalized spacial score (nSPS) is 24.8. The monoisotopic (exact) mass is 187 g/mol. The van der Waals surface area contributed by atoms with Gasteiger partial charge in [0.1, 0.15) is 12.1 Å². The van der Waals surface area contributed by atoms with Crippen molar-refractivity contribution in [3.05, 3.63) is 0 Å². The number of rotatable bonds is 3. The Bertz CT molecular complexity index is 176. The van der Waals surface area contributed by atoms with Crippen LogP contribution in [0.5, 0.6) is 0 Å². The molecule has 0 saturated carbocycles. The van der Waals surface area contributed by atoms with Gasteiger partial charge in [-0.1, -0.05) is 13.8 Å². The van der Waals surface area contributed by atoms with Gasteiger partial charge in [0.25, 0.3) is 0 Å². The SMILES string of the molecule is CC(C)C(N)C(=O)OC1CCOC1. The zero-order valence-corrected chi connectivity index (χ0v) is 8.16. The molecule has 0 aliphatic carbocycles. The van der Waals surface area contributed by atoms with Crippen molar-refractivity contribution in [2.24, 2.45) is 11.7 Å². The van der Waals surface area contributed by atoms with Crippen LogP contribution >= 0.6 is 0 Å². The van der Waals surface area contributed by atoms with Gasteiger partial charge in [-0.3, -0.25) is 4.79 Å². The highest BCUT2D eigenvalue weighted by Gasteiger charge is 2.25. The maximum atomic E-state index is 11.3. The second kappa shape index (κ2) is 4.58. The largest absolute Gasteiger partial charge is 0.459 e. The number of ether oxygens (including phenoxy) is 2. The standard InChI is InChI=1S/C9H17NO3/c1-6(2)8(10)9(11)13-7-3-4-12-5-7/h6-8H,3-5,10H2,1-2H3. The summed E-state index contributed by atoms with van der Waals surface area (Å²) < 4.78 is 10.2. The van der Waals surface area contributed by atoms with Crippen LogP contribution in [0.15, 0.2) is 0 Å². The van der Waals surface area contributed by atoms with E-state index >= 15 is 0 Å². The molecule has 2 atom stereocenters. The number of nitrogens with two attached hydrogens (primary N) is 1. The molecule has 1 saturated heterocycles. The molecular formula is C9H17NO3. The molecule has 1 aliphatic rings. The molecule has 0 amide bonds. The molecule has 13 heavy (non-hydrogen) atoms. The van der Waals surface area contributed by atoms with E-state index in [1.807, 2.05) is 13.8 Å². The minimum Gasteiger partial charge on any atom is -0.459 e. The molecule has 1 rings (SSSR count). The Hall–Kier alpha value is -0.610. The van der Waals surface area contributed by atoms with Gasteiger partial charge >= 0.3 is 5.97 Å². The van der Waals surface area contributed by atoms with Gasteiger partial charge in [-0.05, 0) is 5.92 Å². The van der Waals surface area contributed by atoms with Crippen LogP contribution in [0.3, 0.4) is 0 Å². The zero-order chi connectivity index (χ0) is 9.84. The highest BCUT2D eigenvalue weighted by molar-refractivity contribution is 5.75. The van der Waals surface area contributed by atoms with Crippen LogP contribution in [0.4, 0.5) is 0 Å². The Morgan fingerprint density at radius 3 is 2.77 bits per heavy atom. The van der Waals surface area contributed by atoms with Gasteiger partial charge in [0, 0.05) is 6.42 Å². The van der Waals surface area contributed by atoms with E-state index in [4.69, 9.17) is 15.2 Å². The third-order valence-electron chi connectivity index (χ3n) is 2.16. The zero-order valence-electron chi connectivity index (χ0n) is 8.16.